The van der Waals surface area contributed by atoms with E-state index in [2.05, 4.69) is 14.9 Å². The van der Waals surface area contributed by atoms with Crippen LogP contribution in [0, 0.1) is 6.92 Å². The summed E-state index contributed by atoms with van der Waals surface area (Å²) in [6.45, 7) is 4.52. The average Bonchev–Trinajstić information content (AvgIpc) is 2.94. The predicted octanol–water partition coefficient (Wildman–Crippen LogP) is 2.24. The number of hydrogen-bond acceptors (Lipinski definition) is 6. The number of aromatic nitrogens is 2. The molecule has 0 atom stereocenters. The molecule has 0 spiro atoms. The fourth-order valence-corrected chi connectivity index (χ4v) is 3.41. The van der Waals surface area contributed by atoms with Gasteiger partial charge in [0.05, 0.1) is 11.1 Å². The van der Waals surface area contributed by atoms with Gasteiger partial charge in [-0.25, -0.2) is 4.98 Å². The molecule has 3 heterocycles. The SMILES string of the molecule is Cc1nccnc1N1CCCN(C(=O)c2cc(=O)c3ccccc3o2)CC1. The summed E-state index contributed by atoms with van der Waals surface area (Å²) in [7, 11) is 0. The zero-order valence-electron chi connectivity index (χ0n) is 15.1. The molecule has 1 aromatic carbocycles. The molecule has 4 rings (SSSR count). The van der Waals surface area contributed by atoms with Gasteiger partial charge < -0.3 is 14.2 Å². The molecule has 0 aliphatic carbocycles. The maximum Gasteiger partial charge on any atom is 0.289 e. The number of amides is 1. The van der Waals surface area contributed by atoms with Gasteiger partial charge in [-0.1, -0.05) is 12.1 Å². The van der Waals surface area contributed by atoms with Gasteiger partial charge in [-0.2, -0.15) is 0 Å². The first-order valence-electron chi connectivity index (χ1n) is 8.98. The van der Waals surface area contributed by atoms with E-state index in [9.17, 15) is 9.59 Å². The van der Waals surface area contributed by atoms with Gasteiger partial charge in [0.1, 0.15) is 11.4 Å². The van der Waals surface area contributed by atoms with Crippen molar-refractivity contribution in [1.29, 1.82) is 0 Å². The summed E-state index contributed by atoms with van der Waals surface area (Å²) >= 11 is 0. The zero-order chi connectivity index (χ0) is 18.8. The molecule has 0 radical (unpaired) electrons. The number of anilines is 1. The molecule has 0 unspecified atom stereocenters. The van der Waals surface area contributed by atoms with Crippen LogP contribution in [-0.2, 0) is 0 Å². The summed E-state index contributed by atoms with van der Waals surface area (Å²) in [5, 5.41) is 0.481. The summed E-state index contributed by atoms with van der Waals surface area (Å²) in [4.78, 5) is 37.8. The molecule has 1 aliphatic rings. The van der Waals surface area contributed by atoms with E-state index >= 15 is 0 Å². The van der Waals surface area contributed by atoms with Gasteiger partial charge in [0.25, 0.3) is 5.91 Å². The van der Waals surface area contributed by atoms with Gasteiger partial charge >= 0.3 is 0 Å². The first-order valence-corrected chi connectivity index (χ1v) is 8.98. The number of fused-ring (bicyclic) bond motifs is 1. The van der Waals surface area contributed by atoms with Crippen LogP contribution in [-0.4, -0.2) is 47.0 Å². The number of para-hydroxylation sites is 1. The van der Waals surface area contributed by atoms with E-state index in [4.69, 9.17) is 4.42 Å². The van der Waals surface area contributed by atoms with Crippen molar-refractivity contribution < 1.29 is 9.21 Å². The van der Waals surface area contributed by atoms with Crippen LogP contribution in [0.25, 0.3) is 11.0 Å². The lowest BCUT2D eigenvalue weighted by molar-refractivity contribution is 0.0735. The topological polar surface area (TPSA) is 79.5 Å². The standard InChI is InChI=1S/C20H20N4O3/c1-14-19(22-8-7-21-14)23-9-4-10-24(12-11-23)20(26)18-13-16(25)15-5-2-3-6-17(15)27-18/h2-3,5-8,13H,4,9-12H2,1H3. The van der Waals surface area contributed by atoms with E-state index in [0.29, 0.717) is 30.6 Å². The van der Waals surface area contributed by atoms with Crippen LogP contribution in [0.5, 0.6) is 0 Å². The molecule has 2 aromatic heterocycles. The monoisotopic (exact) mass is 364 g/mol. The second-order valence-corrected chi connectivity index (χ2v) is 6.57. The molecule has 7 nitrogen and oxygen atoms in total. The van der Waals surface area contributed by atoms with Gasteiger partial charge in [-0.05, 0) is 25.5 Å². The summed E-state index contributed by atoms with van der Waals surface area (Å²) < 4.78 is 5.70. The van der Waals surface area contributed by atoms with Crippen LogP contribution in [0.15, 0.2) is 51.9 Å². The third-order valence-electron chi connectivity index (χ3n) is 4.78. The van der Waals surface area contributed by atoms with Crippen LogP contribution in [0.2, 0.25) is 0 Å². The average molecular weight is 364 g/mol. The number of nitrogens with zero attached hydrogens (tertiary/aromatic N) is 4. The second kappa shape index (κ2) is 7.19. The molecule has 0 saturated carbocycles. The molecule has 1 aliphatic heterocycles. The van der Waals surface area contributed by atoms with Crippen molar-refractivity contribution in [3.8, 4) is 0 Å². The first kappa shape index (κ1) is 17.2. The number of carbonyl (C=O) groups excluding carboxylic acids is 1. The van der Waals surface area contributed by atoms with E-state index in [1.807, 2.05) is 6.92 Å². The van der Waals surface area contributed by atoms with Crippen molar-refractivity contribution in [2.24, 2.45) is 0 Å². The van der Waals surface area contributed by atoms with Gasteiger partial charge in [0.2, 0.25) is 0 Å². The van der Waals surface area contributed by atoms with Crippen LogP contribution in [0.1, 0.15) is 22.7 Å². The highest BCUT2D eigenvalue weighted by molar-refractivity contribution is 5.93. The molecule has 138 valence electrons. The number of aryl methyl sites for hydroxylation is 1. The molecular formula is C20H20N4O3. The lowest BCUT2D eigenvalue weighted by atomic mass is 10.2. The van der Waals surface area contributed by atoms with Gasteiger partial charge in [0.15, 0.2) is 11.2 Å². The van der Waals surface area contributed by atoms with Gasteiger partial charge in [0, 0.05) is 44.6 Å². The van der Waals surface area contributed by atoms with E-state index in [0.717, 1.165) is 24.5 Å². The molecule has 7 heteroatoms. The normalized spacial score (nSPS) is 15.0. The van der Waals surface area contributed by atoms with E-state index in [1.54, 1.807) is 41.6 Å². The van der Waals surface area contributed by atoms with Crippen molar-refractivity contribution >= 4 is 22.7 Å². The summed E-state index contributed by atoms with van der Waals surface area (Å²) in [5.74, 6) is 0.683. The largest absolute Gasteiger partial charge is 0.451 e. The third-order valence-corrected chi connectivity index (χ3v) is 4.78. The first-order chi connectivity index (χ1) is 13.1. The maximum absolute atomic E-state index is 12.9. The Bertz CT molecular complexity index is 1050. The van der Waals surface area contributed by atoms with Gasteiger partial charge in [-0.15, -0.1) is 0 Å². The van der Waals surface area contributed by atoms with Crippen LogP contribution in [0.3, 0.4) is 0 Å². The second-order valence-electron chi connectivity index (χ2n) is 6.57. The quantitative estimate of drug-likeness (QED) is 0.694. The zero-order valence-corrected chi connectivity index (χ0v) is 15.1. The number of rotatable bonds is 2. The fourth-order valence-electron chi connectivity index (χ4n) is 3.41. The van der Waals surface area contributed by atoms with E-state index < -0.39 is 0 Å². The van der Waals surface area contributed by atoms with Crippen molar-refractivity contribution in [1.82, 2.24) is 14.9 Å². The minimum atomic E-state index is -0.254. The van der Waals surface area contributed by atoms with Gasteiger partial charge in [-0.3, -0.25) is 14.6 Å². The third kappa shape index (κ3) is 3.40. The Morgan fingerprint density at radius 2 is 1.89 bits per heavy atom. The van der Waals surface area contributed by atoms with Crippen molar-refractivity contribution in [2.45, 2.75) is 13.3 Å². The van der Waals surface area contributed by atoms with E-state index in [1.165, 1.54) is 6.07 Å². The number of benzene rings is 1. The van der Waals surface area contributed by atoms with Crippen molar-refractivity contribution in [2.75, 3.05) is 31.1 Å². The fraction of sp³-hybridized carbons (Fsp3) is 0.300. The molecule has 1 saturated heterocycles. The summed E-state index contributed by atoms with van der Waals surface area (Å²) in [6.07, 6.45) is 4.16. The molecular weight excluding hydrogens is 344 g/mol. The lowest BCUT2D eigenvalue weighted by Gasteiger charge is -2.23. The maximum atomic E-state index is 12.9. The highest BCUT2D eigenvalue weighted by Crippen LogP contribution is 2.18. The molecule has 1 fully saturated rings. The molecule has 1 amide bonds. The summed E-state index contributed by atoms with van der Waals surface area (Å²) in [5.41, 5.74) is 1.10. The Kier molecular flexibility index (Phi) is 4.58. The van der Waals surface area contributed by atoms with Crippen LogP contribution in [0.4, 0.5) is 5.82 Å². The highest BCUT2D eigenvalue weighted by atomic mass is 16.3. The smallest absolute Gasteiger partial charge is 0.289 e. The van der Waals surface area contributed by atoms with Crippen molar-refractivity contribution in [3.05, 3.63) is 64.4 Å². The molecule has 0 N–H and O–H groups in total. The molecule has 0 bridgehead atoms. The van der Waals surface area contributed by atoms with Crippen molar-refractivity contribution in [3.63, 3.8) is 0 Å². The van der Waals surface area contributed by atoms with Crippen LogP contribution >= 0.6 is 0 Å². The van der Waals surface area contributed by atoms with E-state index in [-0.39, 0.29) is 17.1 Å². The minimum Gasteiger partial charge on any atom is -0.451 e. The van der Waals surface area contributed by atoms with Crippen LogP contribution < -0.4 is 10.3 Å². The Labute approximate surface area is 156 Å². The Morgan fingerprint density at radius 3 is 2.74 bits per heavy atom. The lowest BCUT2D eigenvalue weighted by Crippen LogP contribution is -2.36. The minimum absolute atomic E-state index is 0.0860. The number of hydrogen-bond donors (Lipinski definition) is 0. The number of carbonyl (C=O) groups is 1. The molecule has 3 aromatic rings. The predicted molar refractivity (Wildman–Crippen MR) is 102 cm³/mol. The highest BCUT2D eigenvalue weighted by Gasteiger charge is 2.24. The Balaban J connectivity index is 1.55. The Hall–Kier alpha value is -3.22. The summed E-state index contributed by atoms with van der Waals surface area (Å²) in [6, 6.07) is 8.25. The Morgan fingerprint density at radius 1 is 1.07 bits per heavy atom. The molecule has 27 heavy (non-hydrogen) atoms.